The van der Waals surface area contributed by atoms with Crippen LogP contribution >= 0.6 is 0 Å². The second kappa shape index (κ2) is 6.54. The van der Waals surface area contributed by atoms with Crippen molar-refractivity contribution in [2.45, 2.75) is 31.8 Å². The molecule has 1 aromatic carbocycles. The van der Waals surface area contributed by atoms with Crippen LogP contribution in [-0.2, 0) is 11.2 Å². The van der Waals surface area contributed by atoms with Crippen molar-refractivity contribution in [1.29, 1.82) is 0 Å². The fourth-order valence-electron chi connectivity index (χ4n) is 2.84. The Bertz CT molecular complexity index is 519. The van der Waals surface area contributed by atoms with Crippen molar-refractivity contribution in [2.24, 2.45) is 0 Å². The fourth-order valence-corrected chi connectivity index (χ4v) is 2.84. The van der Waals surface area contributed by atoms with E-state index in [0.717, 1.165) is 12.0 Å². The molecule has 1 aliphatic rings. The zero-order chi connectivity index (χ0) is 15.6. The molecule has 0 saturated carbocycles. The molecular formula is C16H23FN2O2. The van der Waals surface area contributed by atoms with E-state index in [1.54, 1.807) is 11.0 Å². The van der Waals surface area contributed by atoms with E-state index in [1.165, 1.54) is 12.1 Å². The van der Waals surface area contributed by atoms with E-state index >= 15 is 0 Å². The maximum atomic E-state index is 13.3. The van der Waals surface area contributed by atoms with Gasteiger partial charge in [0.15, 0.2) is 0 Å². The number of carbonyl (C=O) groups is 1. The van der Waals surface area contributed by atoms with Gasteiger partial charge in [-0.05, 0) is 50.7 Å². The fraction of sp³-hybridized carbons (Fsp3) is 0.562. The standard InChI is InChI=1S/C16H23FN2O2/c1-11-4-5-13(17)6-12(11)7-16(21)19-9-14(18(2)3)8-15(19)10-20/h4-6,14-15,20H,7-10H2,1-3H3/t14-,15+/m1/s1. The van der Waals surface area contributed by atoms with E-state index in [9.17, 15) is 14.3 Å². The Morgan fingerprint density at radius 2 is 2.19 bits per heavy atom. The molecule has 21 heavy (non-hydrogen) atoms. The molecule has 1 fully saturated rings. The highest BCUT2D eigenvalue weighted by atomic mass is 19.1. The number of amides is 1. The molecule has 0 unspecified atom stereocenters. The smallest absolute Gasteiger partial charge is 0.227 e. The maximum Gasteiger partial charge on any atom is 0.227 e. The zero-order valence-corrected chi connectivity index (χ0v) is 12.8. The quantitative estimate of drug-likeness (QED) is 0.907. The largest absolute Gasteiger partial charge is 0.394 e. The van der Waals surface area contributed by atoms with E-state index in [4.69, 9.17) is 0 Å². The van der Waals surface area contributed by atoms with Gasteiger partial charge in [-0.3, -0.25) is 4.79 Å². The van der Waals surface area contributed by atoms with E-state index in [-0.39, 0.29) is 36.8 Å². The summed E-state index contributed by atoms with van der Waals surface area (Å²) in [7, 11) is 3.95. The lowest BCUT2D eigenvalue weighted by molar-refractivity contribution is -0.132. The second-order valence-electron chi connectivity index (χ2n) is 5.98. The minimum Gasteiger partial charge on any atom is -0.394 e. The van der Waals surface area contributed by atoms with Crippen molar-refractivity contribution in [2.75, 3.05) is 27.2 Å². The molecule has 1 amide bonds. The summed E-state index contributed by atoms with van der Waals surface area (Å²) in [5.74, 6) is -0.373. The lowest BCUT2D eigenvalue weighted by atomic mass is 10.0. The Hall–Kier alpha value is -1.46. The first-order valence-electron chi connectivity index (χ1n) is 7.24. The van der Waals surface area contributed by atoms with Crippen molar-refractivity contribution in [3.8, 4) is 0 Å². The van der Waals surface area contributed by atoms with Crippen LogP contribution in [0.5, 0.6) is 0 Å². The van der Waals surface area contributed by atoms with Crippen molar-refractivity contribution in [3.05, 3.63) is 35.1 Å². The molecule has 0 spiro atoms. The van der Waals surface area contributed by atoms with E-state index in [0.29, 0.717) is 12.1 Å². The SMILES string of the molecule is Cc1ccc(F)cc1CC(=O)N1C[C@H](N(C)C)C[C@H]1CO. The minimum absolute atomic E-state index is 0.0296. The van der Waals surface area contributed by atoms with Gasteiger partial charge in [-0.2, -0.15) is 0 Å². The highest BCUT2D eigenvalue weighted by Gasteiger charge is 2.35. The summed E-state index contributed by atoms with van der Waals surface area (Å²) in [6, 6.07) is 4.63. The predicted octanol–water partition coefficient (Wildman–Crippen LogP) is 1.20. The zero-order valence-electron chi connectivity index (χ0n) is 12.8. The number of likely N-dealkylation sites (tertiary alicyclic amines) is 1. The van der Waals surface area contributed by atoms with Gasteiger partial charge >= 0.3 is 0 Å². The average molecular weight is 294 g/mol. The van der Waals surface area contributed by atoms with E-state index in [2.05, 4.69) is 4.90 Å². The summed E-state index contributed by atoms with van der Waals surface area (Å²) in [5.41, 5.74) is 1.62. The normalized spacial score (nSPS) is 22.1. The van der Waals surface area contributed by atoms with Gasteiger partial charge in [0.05, 0.1) is 19.1 Å². The maximum absolute atomic E-state index is 13.3. The first kappa shape index (κ1) is 15.9. The number of aryl methyl sites for hydroxylation is 1. The number of benzene rings is 1. The number of nitrogens with zero attached hydrogens (tertiary/aromatic N) is 2. The first-order valence-corrected chi connectivity index (χ1v) is 7.24. The molecule has 1 aliphatic heterocycles. The van der Waals surface area contributed by atoms with Gasteiger partial charge in [-0.1, -0.05) is 6.07 Å². The van der Waals surface area contributed by atoms with Crippen LogP contribution in [0.2, 0.25) is 0 Å². The summed E-state index contributed by atoms with van der Waals surface area (Å²) in [4.78, 5) is 16.3. The summed E-state index contributed by atoms with van der Waals surface area (Å²) in [5, 5.41) is 9.48. The molecule has 4 nitrogen and oxygen atoms in total. The lowest BCUT2D eigenvalue weighted by Crippen LogP contribution is -2.39. The molecule has 116 valence electrons. The highest BCUT2D eigenvalue weighted by molar-refractivity contribution is 5.80. The van der Waals surface area contributed by atoms with Crippen LogP contribution in [0.4, 0.5) is 4.39 Å². The Morgan fingerprint density at radius 3 is 2.81 bits per heavy atom. The highest BCUT2D eigenvalue weighted by Crippen LogP contribution is 2.22. The molecule has 0 aromatic heterocycles. The molecule has 0 radical (unpaired) electrons. The molecule has 1 heterocycles. The Balaban J connectivity index is 2.10. The molecule has 5 heteroatoms. The molecule has 0 bridgehead atoms. The lowest BCUT2D eigenvalue weighted by Gasteiger charge is -2.24. The van der Waals surface area contributed by atoms with Gasteiger partial charge in [-0.25, -0.2) is 4.39 Å². The summed E-state index contributed by atoms with van der Waals surface area (Å²) in [6.07, 6.45) is 0.956. The Kier molecular flexibility index (Phi) is 4.96. The average Bonchev–Trinajstić information content (AvgIpc) is 2.87. The number of aliphatic hydroxyl groups excluding tert-OH is 1. The Labute approximate surface area is 125 Å². The molecule has 2 rings (SSSR count). The number of halogens is 1. The van der Waals surface area contributed by atoms with E-state index < -0.39 is 0 Å². The number of rotatable bonds is 4. The second-order valence-corrected chi connectivity index (χ2v) is 5.98. The van der Waals surface area contributed by atoms with Crippen LogP contribution in [-0.4, -0.2) is 60.1 Å². The predicted molar refractivity (Wildman–Crippen MR) is 79.5 cm³/mol. The molecule has 1 aromatic rings. The summed E-state index contributed by atoms with van der Waals surface area (Å²) < 4.78 is 13.3. The van der Waals surface area contributed by atoms with Gasteiger partial charge in [0.25, 0.3) is 0 Å². The third-order valence-corrected chi connectivity index (χ3v) is 4.31. The van der Waals surface area contributed by atoms with Crippen LogP contribution in [0, 0.1) is 12.7 Å². The Morgan fingerprint density at radius 1 is 1.48 bits per heavy atom. The number of hydrogen-bond acceptors (Lipinski definition) is 3. The van der Waals surface area contributed by atoms with Crippen molar-refractivity contribution in [1.82, 2.24) is 9.80 Å². The van der Waals surface area contributed by atoms with Gasteiger partial charge in [0, 0.05) is 12.6 Å². The molecular weight excluding hydrogens is 271 g/mol. The first-order chi connectivity index (χ1) is 9.92. The van der Waals surface area contributed by atoms with Gasteiger partial charge in [0.1, 0.15) is 5.82 Å². The summed E-state index contributed by atoms with van der Waals surface area (Å²) in [6.45, 7) is 2.46. The molecule has 0 aliphatic carbocycles. The summed E-state index contributed by atoms with van der Waals surface area (Å²) >= 11 is 0. The third kappa shape index (κ3) is 3.60. The minimum atomic E-state index is -0.324. The van der Waals surface area contributed by atoms with Crippen LogP contribution in [0.3, 0.4) is 0 Å². The van der Waals surface area contributed by atoms with Crippen molar-refractivity contribution < 1.29 is 14.3 Å². The number of aliphatic hydroxyl groups is 1. The number of hydrogen-bond donors (Lipinski definition) is 1. The third-order valence-electron chi connectivity index (χ3n) is 4.31. The number of likely N-dealkylation sites (N-methyl/N-ethyl adjacent to an activating group) is 1. The van der Waals surface area contributed by atoms with Crippen LogP contribution < -0.4 is 0 Å². The van der Waals surface area contributed by atoms with E-state index in [1.807, 2.05) is 21.0 Å². The van der Waals surface area contributed by atoms with Crippen LogP contribution in [0.25, 0.3) is 0 Å². The van der Waals surface area contributed by atoms with Gasteiger partial charge < -0.3 is 14.9 Å². The number of carbonyl (C=O) groups excluding carboxylic acids is 1. The monoisotopic (exact) mass is 294 g/mol. The topological polar surface area (TPSA) is 43.8 Å². The molecule has 2 atom stereocenters. The van der Waals surface area contributed by atoms with Crippen molar-refractivity contribution >= 4 is 5.91 Å². The molecule has 1 saturated heterocycles. The van der Waals surface area contributed by atoms with Crippen LogP contribution in [0.15, 0.2) is 18.2 Å². The van der Waals surface area contributed by atoms with Gasteiger partial charge in [0.2, 0.25) is 5.91 Å². The van der Waals surface area contributed by atoms with Crippen LogP contribution in [0.1, 0.15) is 17.5 Å². The molecule has 1 N–H and O–H groups in total. The van der Waals surface area contributed by atoms with Gasteiger partial charge in [-0.15, -0.1) is 0 Å². The van der Waals surface area contributed by atoms with Crippen molar-refractivity contribution in [3.63, 3.8) is 0 Å².